The van der Waals surface area contributed by atoms with Crippen LogP contribution in [0.25, 0.3) is 0 Å². The fraction of sp³-hybridized carbons (Fsp3) is 0.800. The van der Waals surface area contributed by atoms with Crippen LogP contribution in [0.3, 0.4) is 0 Å². The lowest BCUT2D eigenvalue weighted by molar-refractivity contribution is -0.372. The summed E-state index contributed by atoms with van der Waals surface area (Å²) in [6, 6.07) is 0. The molecule has 3 aliphatic carbocycles. The molecule has 0 radical (unpaired) electrons. The first-order valence-corrected chi connectivity index (χ1v) is 9.39. The van der Waals surface area contributed by atoms with E-state index in [2.05, 4.69) is 6.58 Å². The summed E-state index contributed by atoms with van der Waals surface area (Å²) >= 11 is 0. The van der Waals surface area contributed by atoms with E-state index in [-0.39, 0.29) is 18.6 Å². The van der Waals surface area contributed by atoms with Crippen molar-refractivity contribution in [1.82, 2.24) is 0 Å². The Balaban J connectivity index is 2.06. The molecular formula is C20H30O6. The summed E-state index contributed by atoms with van der Waals surface area (Å²) in [5, 5.41) is 57.3. The predicted octanol–water partition coefficient (Wildman–Crippen LogP) is 0.622. The normalized spacial score (nSPS) is 57.8. The van der Waals surface area contributed by atoms with Crippen LogP contribution in [-0.2, 0) is 4.74 Å². The van der Waals surface area contributed by atoms with Gasteiger partial charge in [0.25, 0.3) is 0 Å². The third-order valence-electron chi connectivity index (χ3n) is 8.04. The minimum absolute atomic E-state index is 0.126. The highest BCUT2D eigenvalue weighted by atomic mass is 16.7. The number of ether oxygens (including phenoxy) is 1. The molecule has 4 aliphatic rings. The van der Waals surface area contributed by atoms with Crippen LogP contribution in [0.4, 0.5) is 0 Å². The van der Waals surface area contributed by atoms with E-state index >= 15 is 0 Å². The molecule has 3 fully saturated rings. The summed E-state index contributed by atoms with van der Waals surface area (Å²) in [6.07, 6.45) is 2.38. The number of aliphatic hydroxyl groups is 5. The van der Waals surface area contributed by atoms with Crippen molar-refractivity contribution < 1.29 is 30.3 Å². The maximum atomic E-state index is 11.9. The molecule has 146 valence electrons. The van der Waals surface area contributed by atoms with E-state index in [1.165, 1.54) is 0 Å². The lowest BCUT2D eigenvalue weighted by Crippen LogP contribution is -2.83. The quantitative estimate of drug-likeness (QED) is 0.435. The Bertz CT molecular complexity index is 702. The molecule has 6 nitrogen and oxygen atoms in total. The van der Waals surface area contributed by atoms with Crippen LogP contribution in [0, 0.1) is 16.2 Å². The van der Waals surface area contributed by atoms with Crippen molar-refractivity contribution in [2.75, 3.05) is 6.61 Å². The molecule has 1 heterocycles. The topological polar surface area (TPSA) is 110 Å². The monoisotopic (exact) mass is 366 g/mol. The first kappa shape index (κ1) is 18.6. The number of allylic oxidation sites excluding steroid dienone is 2. The third-order valence-corrected chi connectivity index (χ3v) is 8.04. The Hall–Kier alpha value is -0.760. The minimum atomic E-state index is -2.24. The molecule has 2 bridgehead atoms. The lowest BCUT2D eigenvalue weighted by atomic mass is 9.39. The second kappa shape index (κ2) is 4.80. The van der Waals surface area contributed by atoms with E-state index < -0.39 is 45.4 Å². The lowest BCUT2D eigenvalue weighted by Gasteiger charge is -2.68. The van der Waals surface area contributed by atoms with Crippen molar-refractivity contribution >= 4 is 0 Å². The molecule has 26 heavy (non-hydrogen) atoms. The summed E-state index contributed by atoms with van der Waals surface area (Å²) in [4.78, 5) is 0. The smallest absolute Gasteiger partial charge is 0.227 e. The van der Waals surface area contributed by atoms with Crippen molar-refractivity contribution in [2.45, 2.75) is 75.7 Å². The molecule has 5 N–H and O–H groups in total. The first-order valence-electron chi connectivity index (χ1n) is 9.39. The predicted molar refractivity (Wildman–Crippen MR) is 93.9 cm³/mol. The van der Waals surface area contributed by atoms with Gasteiger partial charge >= 0.3 is 0 Å². The van der Waals surface area contributed by atoms with Crippen LogP contribution < -0.4 is 0 Å². The van der Waals surface area contributed by atoms with Gasteiger partial charge in [-0.25, -0.2) is 0 Å². The van der Waals surface area contributed by atoms with Gasteiger partial charge in [0.1, 0.15) is 17.3 Å². The van der Waals surface area contributed by atoms with Gasteiger partial charge in [-0.3, -0.25) is 0 Å². The molecule has 6 heteroatoms. The van der Waals surface area contributed by atoms with E-state index in [0.29, 0.717) is 19.3 Å². The molecule has 7 atom stereocenters. The van der Waals surface area contributed by atoms with Gasteiger partial charge in [0, 0.05) is 5.41 Å². The third kappa shape index (κ3) is 1.58. The van der Waals surface area contributed by atoms with Crippen LogP contribution in [-0.4, -0.2) is 61.3 Å². The summed E-state index contributed by atoms with van der Waals surface area (Å²) in [6.45, 7) is 9.15. The van der Waals surface area contributed by atoms with Crippen LogP contribution >= 0.6 is 0 Å². The van der Waals surface area contributed by atoms with Crippen LogP contribution in [0.5, 0.6) is 0 Å². The minimum Gasteiger partial charge on any atom is -0.390 e. The summed E-state index contributed by atoms with van der Waals surface area (Å²) in [5.41, 5.74) is -6.43. The molecule has 0 amide bonds. The van der Waals surface area contributed by atoms with Crippen molar-refractivity contribution in [2.24, 2.45) is 16.2 Å². The molecule has 2 unspecified atom stereocenters. The highest BCUT2D eigenvalue weighted by Crippen LogP contribution is 2.73. The van der Waals surface area contributed by atoms with Gasteiger partial charge in [-0.2, -0.15) is 0 Å². The highest BCUT2D eigenvalue weighted by molar-refractivity contribution is 5.47. The molecule has 2 saturated carbocycles. The molecule has 1 aliphatic heterocycles. The highest BCUT2D eigenvalue weighted by Gasteiger charge is 2.87. The van der Waals surface area contributed by atoms with E-state index in [4.69, 9.17) is 4.74 Å². The Morgan fingerprint density at radius 2 is 1.81 bits per heavy atom. The number of rotatable bonds is 1. The molecule has 0 aromatic rings. The summed E-state index contributed by atoms with van der Waals surface area (Å²) in [7, 11) is 0. The van der Waals surface area contributed by atoms with Gasteiger partial charge in [-0.1, -0.05) is 39.3 Å². The Morgan fingerprint density at radius 1 is 1.15 bits per heavy atom. The molecule has 1 saturated heterocycles. The number of hydrogen-bond donors (Lipinski definition) is 5. The second-order valence-electron chi connectivity index (χ2n) is 9.71. The number of aliphatic hydroxyl groups excluding tert-OH is 2. The van der Waals surface area contributed by atoms with Crippen LogP contribution in [0.2, 0.25) is 0 Å². The molecule has 0 spiro atoms. The van der Waals surface area contributed by atoms with Crippen LogP contribution in [0.1, 0.15) is 46.5 Å². The van der Waals surface area contributed by atoms with Gasteiger partial charge in [-0.05, 0) is 30.3 Å². The zero-order valence-corrected chi connectivity index (χ0v) is 15.7. The number of fused-ring (bicyclic) bond motifs is 1. The summed E-state index contributed by atoms with van der Waals surface area (Å²) < 4.78 is 5.68. The maximum Gasteiger partial charge on any atom is 0.227 e. The largest absolute Gasteiger partial charge is 0.390 e. The average Bonchev–Trinajstić information content (AvgIpc) is 2.79. The first-order chi connectivity index (χ1) is 11.9. The van der Waals surface area contributed by atoms with Crippen molar-refractivity contribution in [3.63, 3.8) is 0 Å². The molecule has 4 rings (SSSR count). The average molecular weight is 366 g/mol. The standard InChI is InChI=1S/C20H30O6/c1-5-16(4)9-12-14(22)19(24)20(25)15(2,3)7-6-8-17(20,11-26-19)18(12,23)13(21)10-16/h5,9,13-14,21-25H,1,6-8,10-11H2,2-4H3/t13-,14?,16-,17?,18+,19+,20-/m1/s1. The van der Waals surface area contributed by atoms with Crippen molar-refractivity contribution in [3.8, 4) is 0 Å². The Morgan fingerprint density at radius 3 is 2.42 bits per heavy atom. The molecular weight excluding hydrogens is 336 g/mol. The Labute approximate surface area is 153 Å². The van der Waals surface area contributed by atoms with E-state index in [1.807, 2.05) is 20.8 Å². The zero-order chi connectivity index (χ0) is 19.4. The molecule has 0 aromatic heterocycles. The summed E-state index contributed by atoms with van der Waals surface area (Å²) in [5.74, 6) is -2.24. The van der Waals surface area contributed by atoms with E-state index in [9.17, 15) is 25.5 Å². The SMILES string of the molecule is C=C[C@]1(C)C=C2C(O)[C@]3(O)OCC4(CCCC(C)(C)[C@@]43O)[C@@]2(O)[C@H](O)C1. The van der Waals surface area contributed by atoms with Gasteiger partial charge in [0.05, 0.1) is 18.1 Å². The van der Waals surface area contributed by atoms with Gasteiger partial charge in [0.15, 0.2) is 0 Å². The number of hydrogen-bond acceptors (Lipinski definition) is 6. The van der Waals surface area contributed by atoms with Crippen LogP contribution in [0.15, 0.2) is 24.3 Å². The fourth-order valence-corrected chi connectivity index (χ4v) is 6.55. The van der Waals surface area contributed by atoms with Gasteiger partial charge in [-0.15, -0.1) is 6.58 Å². The second-order valence-corrected chi connectivity index (χ2v) is 9.71. The van der Waals surface area contributed by atoms with Crippen molar-refractivity contribution in [1.29, 1.82) is 0 Å². The van der Waals surface area contributed by atoms with E-state index in [1.54, 1.807) is 12.2 Å². The maximum absolute atomic E-state index is 11.9. The van der Waals surface area contributed by atoms with Gasteiger partial charge in [0.2, 0.25) is 5.79 Å². The van der Waals surface area contributed by atoms with E-state index in [0.717, 1.165) is 0 Å². The molecule has 0 aromatic carbocycles. The zero-order valence-electron chi connectivity index (χ0n) is 15.7. The van der Waals surface area contributed by atoms with Crippen molar-refractivity contribution in [3.05, 3.63) is 24.3 Å². The fourth-order valence-electron chi connectivity index (χ4n) is 6.55. The Kier molecular flexibility index (Phi) is 3.43. The van der Waals surface area contributed by atoms with Gasteiger partial charge < -0.3 is 30.3 Å².